The van der Waals surface area contributed by atoms with Crippen LogP contribution < -0.4 is 9.62 Å². The lowest BCUT2D eigenvalue weighted by molar-refractivity contribution is 0.0940. The highest BCUT2D eigenvalue weighted by atomic mass is 32.2. The van der Waals surface area contributed by atoms with Crippen LogP contribution in [0.5, 0.6) is 0 Å². The Labute approximate surface area is 184 Å². The highest BCUT2D eigenvalue weighted by Gasteiger charge is 2.22. The van der Waals surface area contributed by atoms with Gasteiger partial charge in [0.2, 0.25) is 0 Å². The Morgan fingerprint density at radius 3 is 2.19 bits per heavy atom. The number of sulfonamides is 1. The summed E-state index contributed by atoms with van der Waals surface area (Å²) in [5.74, 6) is -0.254. The molecule has 0 bridgehead atoms. The van der Waals surface area contributed by atoms with Crippen LogP contribution in [0, 0.1) is 20.8 Å². The van der Waals surface area contributed by atoms with Crippen molar-refractivity contribution in [2.75, 3.05) is 11.4 Å². The SMILES string of the molecule is Cc1ccc(S(=O)(=O)N(C)c2cccc(C(=O)NC(C)c3ccc(C)cc3C)c2)cc1. The van der Waals surface area contributed by atoms with Gasteiger partial charge >= 0.3 is 0 Å². The molecular weight excluding hydrogens is 408 g/mol. The summed E-state index contributed by atoms with van der Waals surface area (Å²) < 4.78 is 27.2. The zero-order valence-corrected chi connectivity index (χ0v) is 19.3. The fourth-order valence-electron chi connectivity index (χ4n) is 3.52. The summed E-state index contributed by atoms with van der Waals surface area (Å²) in [5, 5.41) is 3.01. The molecule has 5 nitrogen and oxygen atoms in total. The van der Waals surface area contributed by atoms with Crippen LogP contribution in [-0.4, -0.2) is 21.4 Å². The molecule has 0 radical (unpaired) electrons. The fraction of sp³-hybridized carbons (Fsp3) is 0.240. The van der Waals surface area contributed by atoms with E-state index in [0.717, 1.165) is 16.7 Å². The lowest BCUT2D eigenvalue weighted by atomic mass is 10.00. The topological polar surface area (TPSA) is 66.5 Å². The summed E-state index contributed by atoms with van der Waals surface area (Å²) in [6.45, 7) is 7.90. The molecule has 3 aromatic carbocycles. The Morgan fingerprint density at radius 1 is 0.903 bits per heavy atom. The molecule has 162 valence electrons. The predicted molar refractivity (Wildman–Crippen MR) is 125 cm³/mol. The van der Waals surface area contributed by atoms with E-state index in [1.54, 1.807) is 48.5 Å². The standard InChI is InChI=1S/C25H28N2O3S/c1-17-9-12-23(13-10-17)31(29,30)27(5)22-8-6-7-21(16-22)25(28)26-20(4)24-14-11-18(2)15-19(24)3/h6-16,20H,1-5H3,(H,26,28). The second kappa shape index (κ2) is 8.94. The molecule has 1 atom stereocenters. The van der Waals surface area contributed by atoms with Crippen molar-refractivity contribution in [2.45, 2.75) is 38.6 Å². The van der Waals surface area contributed by atoms with Gasteiger partial charge in [0.15, 0.2) is 0 Å². The van der Waals surface area contributed by atoms with Crippen LogP contribution >= 0.6 is 0 Å². The van der Waals surface area contributed by atoms with Crippen molar-refractivity contribution in [1.82, 2.24) is 5.32 Å². The third kappa shape index (κ3) is 4.97. The molecule has 1 N–H and O–H groups in total. The first-order chi connectivity index (χ1) is 14.6. The van der Waals surface area contributed by atoms with Crippen LogP contribution in [0.25, 0.3) is 0 Å². The van der Waals surface area contributed by atoms with Crippen molar-refractivity contribution in [3.63, 3.8) is 0 Å². The van der Waals surface area contributed by atoms with Crippen molar-refractivity contribution in [3.05, 3.63) is 94.5 Å². The quantitative estimate of drug-likeness (QED) is 0.596. The highest BCUT2D eigenvalue weighted by molar-refractivity contribution is 7.92. The maximum Gasteiger partial charge on any atom is 0.264 e. The molecule has 3 aromatic rings. The summed E-state index contributed by atoms with van der Waals surface area (Å²) in [6.07, 6.45) is 0. The molecule has 0 saturated heterocycles. The number of nitrogens with zero attached hydrogens (tertiary/aromatic N) is 1. The van der Waals surface area contributed by atoms with Crippen molar-refractivity contribution in [1.29, 1.82) is 0 Å². The number of rotatable bonds is 6. The smallest absolute Gasteiger partial charge is 0.264 e. The third-order valence-electron chi connectivity index (χ3n) is 5.39. The molecule has 0 aliphatic rings. The molecule has 1 unspecified atom stereocenters. The average molecular weight is 437 g/mol. The molecule has 0 aliphatic carbocycles. The lowest BCUT2D eigenvalue weighted by Crippen LogP contribution is -2.29. The zero-order valence-electron chi connectivity index (χ0n) is 18.5. The monoisotopic (exact) mass is 436 g/mol. The Morgan fingerprint density at radius 2 is 1.55 bits per heavy atom. The van der Waals surface area contributed by atoms with Gasteiger partial charge in [-0.25, -0.2) is 8.42 Å². The van der Waals surface area contributed by atoms with Crippen molar-refractivity contribution < 1.29 is 13.2 Å². The van der Waals surface area contributed by atoms with Crippen LogP contribution in [0.2, 0.25) is 0 Å². The minimum absolute atomic E-state index is 0.175. The van der Waals surface area contributed by atoms with E-state index in [1.165, 1.54) is 16.9 Å². The molecule has 0 aromatic heterocycles. The normalized spacial score (nSPS) is 12.3. The van der Waals surface area contributed by atoms with E-state index in [-0.39, 0.29) is 16.8 Å². The van der Waals surface area contributed by atoms with E-state index in [1.807, 2.05) is 39.8 Å². The maximum absolute atomic E-state index is 13.0. The van der Waals surface area contributed by atoms with E-state index >= 15 is 0 Å². The third-order valence-corrected chi connectivity index (χ3v) is 7.19. The molecule has 6 heteroatoms. The number of anilines is 1. The van der Waals surface area contributed by atoms with Gasteiger partial charge in [-0.2, -0.15) is 0 Å². The first-order valence-corrected chi connectivity index (χ1v) is 11.6. The number of benzene rings is 3. The Bertz CT molecular complexity index is 1200. The van der Waals surface area contributed by atoms with E-state index in [2.05, 4.69) is 11.4 Å². The van der Waals surface area contributed by atoms with Crippen molar-refractivity contribution >= 4 is 21.6 Å². The van der Waals surface area contributed by atoms with Gasteiger partial charge in [0, 0.05) is 12.6 Å². The Kier molecular flexibility index (Phi) is 6.51. The predicted octanol–water partition coefficient (Wildman–Crippen LogP) is 4.93. The van der Waals surface area contributed by atoms with Gasteiger partial charge in [-0.15, -0.1) is 0 Å². The van der Waals surface area contributed by atoms with Gasteiger partial charge < -0.3 is 5.32 Å². The molecule has 3 rings (SSSR count). The van der Waals surface area contributed by atoms with Crippen LogP contribution in [0.4, 0.5) is 5.69 Å². The second-order valence-electron chi connectivity index (χ2n) is 7.89. The van der Waals surface area contributed by atoms with E-state index in [0.29, 0.717) is 11.3 Å². The van der Waals surface area contributed by atoms with Gasteiger partial charge in [-0.1, -0.05) is 47.5 Å². The number of carbonyl (C=O) groups excluding carboxylic acids is 1. The average Bonchev–Trinajstić information content (AvgIpc) is 2.73. The first kappa shape index (κ1) is 22.6. The van der Waals surface area contributed by atoms with E-state index < -0.39 is 10.0 Å². The largest absolute Gasteiger partial charge is 0.346 e. The minimum Gasteiger partial charge on any atom is -0.346 e. The number of nitrogens with one attached hydrogen (secondary N) is 1. The summed E-state index contributed by atoms with van der Waals surface area (Å²) in [4.78, 5) is 13.1. The van der Waals surface area contributed by atoms with Crippen molar-refractivity contribution in [3.8, 4) is 0 Å². The van der Waals surface area contributed by atoms with Gasteiger partial charge in [0.1, 0.15) is 0 Å². The molecule has 0 heterocycles. The number of carbonyl (C=O) groups is 1. The number of hydrogen-bond acceptors (Lipinski definition) is 3. The Balaban J connectivity index is 1.82. The van der Waals surface area contributed by atoms with Crippen molar-refractivity contribution in [2.24, 2.45) is 0 Å². The van der Waals surface area contributed by atoms with Crippen LogP contribution in [0.15, 0.2) is 71.6 Å². The second-order valence-corrected chi connectivity index (χ2v) is 9.86. The van der Waals surface area contributed by atoms with Gasteiger partial charge in [0.05, 0.1) is 16.6 Å². The molecule has 0 saturated carbocycles. The molecule has 1 amide bonds. The number of hydrogen-bond donors (Lipinski definition) is 1. The van der Waals surface area contributed by atoms with Crippen LogP contribution in [-0.2, 0) is 10.0 Å². The van der Waals surface area contributed by atoms with Gasteiger partial charge in [0.25, 0.3) is 15.9 Å². The highest BCUT2D eigenvalue weighted by Crippen LogP contribution is 2.24. The fourth-order valence-corrected chi connectivity index (χ4v) is 4.71. The Hall–Kier alpha value is -3.12. The minimum atomic E-state index is -3.73. The van der Waals surface area contributed by atoms with Crippen LogP contribution in [0.1, 0.15) is 45.6 Å². The van der Waals surface area contributed by atoms with Gasteiger partial charge in [-0.05, 0) is 69.2 Å². The molecular formula is C25H28N2O3S. The summed E-state index contributed by atoms with van der Waals surface area (Å²) in [5.41, 5.74) is 5.15. The first-order valence-electron chi connectivity index (χ1n) is 10.1. The summed E-state index contributed by atoms with van der Waals surface area (Å²) in [7, 11) is -2.23. The molecule has 0 aliphatic heterocycles. The molecule has 0 fully saturated rings. The van der Waals surface area contributed by atoms with E-state index in [4.69, 9.17) is 0 Å². The maximum atomic E-state index is 13.0. The van der Waals surface area contributed by atoms with Crippen LogP contribution in [0.3, 0.4) is 0 Å². The van der Waals surface area contributed by atoms with E-state index in [9.17, 15) is 13.2 Å². The summed E-state index contributed by atoms with van der Waals surface area (Å²) >= 11 is 0. The molecule has 31 heavy (non-hydrogen) atoms. The lowest BCUT2D eigenvalue weighted by Gasteiger charge is -2.21. The summed E-state index contributed by atoms with van der Waals surface area (Å²) in [6, 6.07) is 19.3. The number of amides is 1. The van der Waals surface area contributed by atoms with Gasteiger partial charge in [-0.3, -0.25) is 9.10 Å². The number of aryl methyl sites for hydroxylation is 3. The zero-order chi connectivity index (χ0) is 22.8. The molecule has 0 spiro atoms.